The van der Waals surface area contributed by atoms with Crippen LogP contribution in [0.3, 0.4) is 0 Å². The van der Waals surface area contributed by atoms with E-state index in [2.05, 4.69) is 12.1 Å². The van der Waals surface area contributed by atoms with Gasteiger partial charge < -0.3 is 20.6 Å². The molecule has 6 nitrogen and oxygen atoms in total. The number of hydrogen-bond acceptors (Lipinski definition) is 4. The van der Waals surface area contributed by atoms with E-state index in [1.165, 1.54) is 6.42 Å². The van der Waals surface area contributed by atoms with Gasteiger partial charge in [-0.25, -0.2) is 0 Å². The summed E-state index contributed by atoms with van der Waals surface area (Å²) in [5.41, 5.74) is 6.08. The topological polar surface area (TPSA) is 88.2 Å². The van der Waals surface area contributed by atoms with Gasteiger partial charge in [0, 0.05) is 18.2 Å². The molecule has 1 heterocycles. The van der Waals surface area contributed by atoms with E-state index in [0.29, 0.717) is 11.3 Å². The van der Waals surface area contributed by atoms with Gasteiger partial charge in [-0.15, -0.1) is 0 Å². The van der Waals surface area contributed by atoms with Gasteiger partial charge in [-0.3, -0.25) is 4.79 Å². The van der Waals surface area contributed by atoms with Gasteiger partial charge in [0.05, 0.1) is 0 Å². The van der Waals surface area contributed by atoms with Crippen molar-refractivity contribution >= 4 is 11.7 Å². The molecule has 1 atom stereocenters. The average molecular weight is 291 g/mol. The summed E-state index contributed by atoms with van der Waals surface area (Å²) in [4.78, 5) is 14.0. The minimum atomic E-state index is 0.0164. The first-order valence-electron chi connectivity index (χ1n) is 7.12. The van der Waals surface area contributed by atoms with Crippen molar-refractivity contribution in [2.75, 3.05) is 13.2 Å². The minimum Gasteiger partial charge on any atom is -0.484 e. The molecule has 21 heavy (non-hydrogen) atoms. The van der Waals surface area contributed by atoms with Crippen LogP contribution in [0.2, 0.25) is 0 Å². The molecule has 0 bridgehead atoms. The molecule has 0 aliphatic carbocycles. The van der Waals surface area contributed by atoms with Crippen LogP contribution in [0.4, 0.5) is 0 Å². The molecular formula is C15H21N3O3. The first-order valence-corrected chi connectivity index (χ1v) is 7.12. The standard InChI is InChI=1S/C15H21N3O3/c1-11-4-2-3-9-18(11)14(19)10-21-13-7-5-12(6-8-13)15(16)17-20/h5-8,11,20H,2-4,9-10H2,1H3,(H2,16,17). The number of likely N-dealkylation sites (tertiary alicyclic amines) is 1. The second-order valence-electron chi connectivity index (χ2n) is 5.23. The first-order chi connectivity index (χ1) is 10.1. The van der Waals surface area contributed by atoms with Crippen molar-refractivity contribution in [1.29, 1.82) is 0 Å². The molecule has 3 N–H and O–H groups in total. The Morgan fingerprint density at radius 1 is 1.43 bits per heavy atom. The predicted octanol–water partition coefficient (Wildman–Crippen LogP) is 1.56. The van der Waals surface area contributed by atoms with E-state index in [0.717, 1.165) is 19.4 Å². The Kier molecular flexibility index (Phi) is 5.03. The number of rotatable bonds is 4. The van der Waals surface area contributed by atoms with Gasteiger partial charge in [-0.1, -0.05) is 5.16 Å². The Hall–Kier alpha value is -2.24. The number of benzene rings is 1. The van der Waals surface area contributed by atoms with E-state index in [-0.39, 0.29) is 24.4 Å². The van der Waals surface area contributed by atoms with E-state index in [4.69, 9.17) is 15.7 Å². The van der Waals surface area contributed by atoms with Crippen molar-refractivity contribution in [2.45, 2.75) is 32.2 Å². The molecule has 1 fully saturated rings. The van der Waals surface area contributed by atoms with Crippen molar-refractivity contribution in [3.63, 3.8) is 0 Å². The molecule has 1 aromatic carbocycles. The summed E-state index contributed by atoms with van der Waals surface area (Å²) in [5, 5.41) is 11.5. The molecule has 2 rings (SSSR count). The quantitative estimate of drug-likeness (QED) is 0.381. The summed E-state index contributed by atoms with van der Waals surface area (Å²) in [6.45, 7) is 2.92. The van der Waals surface area contributed by atoms with Gasteiger partial charge >= 0.3 is 0 Å². The molecule has 1 saturated heterocycles. The maximum Gasteiger partial charge on any atom is 0.260 e. The van der Waals surface area contributed by atoms with Gasteiger partial charge in [-0.05, 0) is 50.5 Å². The highest BCUT2D eigenvalue weighted by atomic mass is 16.5. The Labute approximate surface area is 124 Å². The third-order valence-electron chi connectivity index (χ3n) is 3.74. The highest BCUT2D eigenvalue weighted by Crippen LogP contribution is 2.17. The maximum atomic E-state index is 12.1. The van der Waals surface area contributed by atoms with Crippen LogP contribution in [-0.4, -0.2) is 41.0 Å². The van der Waals surface area contributed by atoms with Gasteiger partial charge in [0.1, 0.15) is 5.75 Å². The third kappa shape index (κ3) is 3.87. The highest BCUT2D eigenvalue weighted by Gasteiger charge is 2.23. The fourth-order valence-corrected chi connectivity index (χ4v) is 2.48. The number of carbonyl (C=O) groups is 1. The van der Waals surface area contributed by atoms with Crippen molar-refractivity contribution in [2.24, 2.45) is 10.9 Å². The van der Waals surface area contributed by atoms with Crippen LogP contribution < -0.4 is 10.5 Å². The molecule has 6 heteroatoms. The summed E-state index contributed by atoms with van der Waals surface area (Å²) >= 11 is 0. The number of carbonyl (C=O) groups excluding carboxylic acids is 1. The molecule has 0 radical (unpaired) electrons. The molecule has 0 aromatic heterocycles. The summed E-state index contributed by atoms with van der Waals surface area (Å²) in [5.74, 6) is 0.644. The van der Waals surface area contributed by atoms with Crippen LogP contribution in [-0.2, 0) is 4.79 Å². The number of hydrogen-bond donors (Lipinski definition) is 2. The maximum absolute atomic E-state index is 12.1. The van der Waals surface area contributed by atoms with Crippen LogP contribution in [0.5, 0.6) is 5.75 Å². The number of amidine groups is 1. The van der Waals surface area contributed by atoms with E-state index < -0.39 is 0 Å². The molecular weight excluding hydrogens is 270 g/mol. The SMILES string of the molecule is CC1CCCCN1C(=O)COc1ccc(/C(N)=N/O)cc1. The third-order valence-corrected chi connectivity index (χ3v) is 3.74. The van der Waals surface area contributed by atoms with Crippen LogP contribution in [0, 0.1) is 0 Å². The summed E-state index contributed by atoms with van der Waals surface area (Å²) in [6, 6.07) is 7.04. The lowest BCUT2D eigenvalue weighted by Gasteiger charge is -2.33. The molecule has 1 unspecified atom stereocenters. The zero-order valence-corrected chi connectivity index (χ0v) is 12.2. The van der Waals surface area contributed by atoms with Gasteiger partial charge in [-0.2, -0.15) is 0 Å². The largest absolute Gasteiger partial charge is 0.484 e. The Morgan fingerprint density at radius 3 is 2.76 bits per heavy atom. The zero-order chi connectivity index (χ0) is 15.2. The molecule has 0 saturated carbocycles. The number of nitrogens with two attached hydrogens (primary N) is 1. The van der Waals surface area contributed by atoms with E-state index in [1.54, 1.807) is 24.3 Å². The number of oxime groups is 1. The highest BCUT2D eigenvalue weighted by molar-refractivity contribution is 5.97. The lowest BCUT2D eigenvalue weighted by atomic mass is 10.0. The van der Waals surface area contributed by atoms with Gasteiger partial charge in [0.25, 0.3) is 5.91 Å². The Balaban J connectivity index is 1.89. The number of piperidine rings is 1. The van der Waals surface area contributed by atoms with Crippen LogP contribution in [0.15, 0.2) is 29.4 Å². The lowest BCUT2D eigenvalue weighted by Crippen LogP contribution is -2.44. The fraction of sp³-hybridized carbons (Fsp3) is 0.467. The van der Waals surface area contributed by atoms with E-state index in [9.17, 15) is 4.79 Å². The smallest absolute Gasteiger partial charge is 0.260 e. The van der Waals surface area contributed by atoms with Crippen molar-refractivity contribution in [1.82, 2.24) is 4.90 Å². The molecule has 1 aromatic rings. The average Bonchev–Trinajstić information content (AvgIpc) is 2.52. The fourth-order valence-electron chi connectivity index (χ4n) is 2.48. The minimum absolute atomic E-state index is 0.0164. The summed E-state index contributed by atoms with van der Waals surface area (Å²) in [6.07, 6.45) is 3.30. The Bertz CT molecular complexity index is 513. The molecule has 1 amide bonds. The van der Waals surface area contributed by atoms with E-state index in [1.807, 2.05) is 4.90 Å². The number of nitrogens with zero attached hydrogens (tertiary/aromatic N) is 2. The monoisotopic (exact) mass is 291 g/mol. The second kappa shape index (κ2) is 6.97. The van der Waals surface area contributed by atoms with Crippen molar-refractivity contribution in [3.05, 3.63) is 29.8 Å². The lowest BCUT2D eigenvalue weighted by molar-refractivity contribution is -0.136. The van der Waals surface area contributed by atoms with Crippen molar-refractivity contribution in [3.8, 4) is 5.75 Å². The zero-order valence-electron chi connectivity index (χ0n) is 12.2. The van der Waals surface area contributed by atoms with Gasteiger partial charge in [0.2, 0.25) is 0 Å². The van der Waals surface area contributed by atoms with Gasteiger partial charge in [0.15, 0.2) is 12.4 Å². The van der Waals surface area contributed by atoms with Crippen molar-refractivity contribution < 1.29 is 14.7 Å². The van der Waals surface area contributed by atoms with Crippen LogP contribution in [0.25, 0.3) is 0 Å². The Morgan fingerprint density at radius 2 is 2.14 bits per heavy atom. The molecule has 1 aliphatic rings. The van der Waals surface area contributed by atoms with Crippen LogP contribution >= 0.6 is 0 Å². The number of ether oxygens (including phenoxy) is 1. The van der Waals surface area contributed by atoms with Crippen LogP contribution in [0.1, 0.15) is 31.7 Å². The molecule has 0 spiro atoms. The van der Waals surface area contributed by atoms with E-state index >= 15 is 0 Å². The predicted molar refractivity (Wildman–Crippen MR) is 79.5 cm³/mol. The molecule has 114 valence electrons. The summed E-state index contributed by atoms with van der Waals surface area (Å²) in [7, 11) is 0. The number of amides is 1. The molecule has 1 aliphatic heterocycles. The normalized spacial score (nSPS) is 19.4. The first kappa shape index (κ1) is 15.2. The summed E-state index contributed by atoms with van der Waals surface area (Å²) < 4.78 is 5.50. The second-order valence-corrected chi connectivity index (χ2v) is 5.23.